The number of hydrogen-bond acceptors (Lipinski definition) is 5. The fourth-order valence-electron chi connectivity index (χ4n) is 2.84. The smallest absolute Gasteiger partial charge is 0.238 e. The largest absolute Gasteiger partial charge is 0.496 e. The maximum absolute atomic E-state index is 12.5. The number of methoxy groups -OCH3 is 2. The zero-order valence-electron chi connectivity index (χ0n) is 12.7. The normalized spacial score (nSPS) is 21.2. The highest BCUT2D eigenvalue weighted by molar-refractivity contribution is 8.01. The van der Waals surface area contributed by atoms with Gasteiger partial charge in [-0.3, -0.25) is 9.69 Å². The number of benzene rings is 1. The molecule has 22 heavy (non-hydrogen) atoms. The predicted molar refractivity (Wildman–Crippen MR) is 91.2 cm³/mol. The van der Waals surface area contributed by atoms with Crippen molar-refractivity contribution in [3.63, 3.8) is 0 Å². The van der Waals surface area contributed by atoms with E-state index >= 15 is 0 Å². The van der Waals surface area contributed by atoms with Crippen molar-refractivity contribution in [1.82, 2.24) is 0 Å². The van der Waals surface area contributed by atoms with Gasteiger partial charge < -0.3 is 9.47 Å². The number of amides is 1. The van der Waals surface area contributed by atoms with Crippen molar-refractivity contribution >= 4 is 34.7 Å². The molecule has 6 heteroatoms. The molecule has 1 unspecified atom stereocenters. The Hall–Kier alpha value is -1.66. The number of anilines is 1. The summed E-state index contributed by atoms with van der Waals surface area (Å²) in [6.07, 6.45) is 0. The molecule has 116 valence electrons. The molecule has 1 aliphatic heterocycles. The molecule has 1 amide bonds. The van der Waals surface area contributed by atoms with Crippen molar-refractivity contribution in [3.8, 4) is 11.5 Å². The molecule has 4 nitrogen and oxygen atoms in total. The van der Waals surface area contributed by atoms with Gasteiger partial charge >= 0.3 is 0 Å². The first-order valence-corrected chi connectivity index (χ1v) is 8.75. The maximum atomic E-state index is 12.5. The molecule has 1 saturated heterocycles. The minimum atomic E-state index is -0.559. The predicted octanol–water partition coefficient (Wildman–Crippen LogP) is 3.72. The van der Waals surface area contributed by atoms with Gasteiger partial charge in [-0.25, -0.2) is 0 Å². The van der Waals surface area contributed by atoms with Gasteiger partial charge in [0.25, 0.3) is 0 Å². The number of hydrogen-bond donors (Lipinski definition) is 0. The molecule has 0 N–H and O–H groups in total. The van der Waals surface area contributed by atoms with Crippen LogP contribution in [-0.4, -0.2) is 25.9 Å². The Kier molecular flexibility index (Phi) is 4.06. The minimum Gasteiger partial charge on any atom is -0.496 e. The number of thiophene rings is 1. The van der Waals surface area contributed by atoms with Gasteiger partial charge in [-0.05, 0) is 30.5 Å². The zero-order valence-corrected chi connectivity index (χ0v) is 14.3. The maximum Gasteiger partial charge on any atom is 0.238 e. The fourth-order valence-corrected chi connectivity index (χ4v) is 4.67. The first kappa shape index (κ1) is 15.2. The monoisotopic (exact) mass is 335 g/mol. The lowest BCUT2D eigenvalue weighted by Crippen LogP contribution is -2.40. The van der Waals surface area contributed by atoms with Crippen LogP contribution in [0.15, 0.2) is 35.0 Å². The van der Waals surface area contributed by atoms with E-state index in [2.05, 4.69) is 0 Å². The summed E-state index contributed by atoms with van der Waals surface area (Å²) in [6, 6.07) is 7.66. The third-order valence-electron chi connectivity index (χ3n) is 3.81. The summed E-state index contributed by atoms with van der Waals surface area (Å²) < 4.78 is 11.1. The number of carbonyl (C=O) groups excluding carboxylic acids is 1. The Morgan fingerprint density at radius 1 is 1.18 bits per heavy atom. The first-order chi connectivity index (χ1) is 10.6. The number of thioether (sulfide) groups is 1. The van der Waals surface area contributed by atoms with Gasteiger partial charge in [-0.1, -0.05) is 6.07 Å². The number of carbonyl (C=O) groups is 1. The van der Waals surface area contributed by atoms with E-state index in [0.717, 1.165) is 22.7 Å². The van der Waals surface area contributed by atoms with Crippen LogP contribution in [-0.2, 0) is 9.67 Å². The van der Waals surface area contributed by atoms with Gasteiger partial charge in [0.2, 0.25) is 5.91 Å². The highest BCUT2D eigenvalue weighted by atomic mass is 32.2. The van der Waals surface area contributed by atoms with Crippen LogP contribution >= 0.6 is 23.1 Å². The minimum absolute atomic E-state index is 0.0962. The molecule has 0 radical (unpaired) electrons. The highest BCUT2D eigenvalue weighted by Gasteiger charge is 2.48. The summed E-state index contributed by atoms with van der Waals surface area (Å²) in [4.78, 5) is 13.8. The van der Waals surface area contributed by atoms with Gasteiger partial charge in [0.1, 0.15) is 16.4 Å². The van der Waals surface area contributed by atoms with E-state index in [4.69, 9.17) is 9.47 Å². The lowest BCUT2D eigenvalue weighted by atomic mass is 10.0. The van der Waals surface area contributed by atoms with Crippen LogP contribution in [0.4, 0.5) is 5.69 Å². The van der Waals surface area contributed by atoms with Gasteiger partial charge in [0, 0.05) is 5.38 Å². The SMILES string of the molecule is COc1cccc(OC)c1C1(C)SCC(=O)N1c1ccsc1. The molecule has 1 aliphatic rings. The van der Waals surface area contributed by atoms with Crippen LogP contribution in [0.2, 0.25) is 0 Å². The van der Waals surface area contributed by atoms with Gasteiger partial charge in [0.05, 0.1) is 31.2 Å². The van der Waals surface area contributed by atoms with Gasteiger partial charge in [0.15, 0.2) is 0 Å². The Labute approximate surface area is 138 Å². The van der Waals surface area contributed by atoms with Crippen LogP contribution in [0.5, 0.6) is 11.5 Å². The Morgan fingerprint density at radius 3 is 2.41 bits per heavy atom. The molecule has 0 bridgehead atoms. The first-order valence-electron chi connectivity index (χ1n) is 6.82. The molecule has 3 rings (SSSR count). The lowest BCUT2D eigenvalue weighted by molar-refractivity contribution is -0.116. The zero-order chi connectivity index (χ0) is 15.7. The van der Waals surface area contributed by atoms with Crippen LogP contribution in [0, 0.1) is 0 Å². The lowest BCUT2D eigenvalue weighted by Gasteiger charge is -2.35. The number of nitrogens with zero attached hydrogens (tertiary/aromatic N) is 1. The van der Waals surface area contributed by atoms with Crippen LogP contribution < -0.4 is 14.4 Å². The molecule has 2 aromatic rings. The molecule has 2 heterocycles. The van der Waals surface area contributed by atoms with Crippen molar-refractivity contribution in [2.24, 2.45) is 0 Å². The third kappa shape index (κ3) is 2.27. The van der Waals surface area contributed by atoms with Crippen molar-refractivity contribution < 1.29 is 14.3 Å². The van der Waals surface area contributed by atoms with Gasteiger partial charge in [-0.2, -0.15) is 11.3 Å². The van der Waals surface area contributed by atoms with Crippen LogP contribution in [0.3, 0.4) is 0 Å². The summed E-state index contributed by atoms with van der Waals surface area (Å²) in [5, 5.41) is 3.97. The van der Waals surface area contributed by atoms with E-state index in [9.17, 15) is 4.79 Å². The van der Waals surface area contributed by atoms with Crippen molar-refractivity contribution in [1.29, 1.82) is 0 Å². The highest BCUT2D eigenvalue weighted by Crippen LogP contribution is 2.53. The number of rotatable bonds is 4. The van der Waals surface area contributed by atoms with Crippen LogP contribution in [0.25, 0.3) is 0 Å². The van der Waals surface area contributed by atoms with E-state index in [1.807, 2.05) is 46.8 Å². The molecule has 0 saturated carbocycles. The molecule has 1 aromatic carbocycles. The molecule has 0 spiro atoms. The molecule has 1 aromatic heterocycles. The Morgan fingerprint density at radius 2 is 1.86 bits per heavy atom. The van der Waals surface area contributed by atoms with Gasteiger partial charge in [-0.15, -0.1) is 11.8 Å². The second-order valence-electron chi connectivity index (χ2n) is 5.02. The molecular formula is C16H17NO3S2. The standard InChI is InChI=1S/C16H17NO3S2/c1-16(15-12(19-2)5-4-6-13(15)20-3)17(14(18)10-22-16)11-7-8-21-9-11/h4-9H,10H2,1-3H3. The molecule has 1 atom stereocenters. The summed E-state index contributed by atoms with van der Waals surface area (Å²) in [5.41, 5.74) is 1.80. The summed E-state index contributed by atoms with van der Waals surface area (Å²) in [7, 11) is 3.27. The average molecular weight is 335 g/mol. The molecule has 0 aliphatic carbocycles. The van der Waals surface area contributed by atoms with Crippen molar-refractivity contribution in [2.75, 3.05) is 24.9 Å². The quantitative estimate of drug-likeness (QED) is 0.854. The van der Waals surface area contributed by atoms with E-state index in [-0.39, 0.29) is 5.91 Å². The molecule has 1 fully saturated rings. The molecular weight excluding hydrogens is 318 g/mol. The summed E-state index contributed by atoms with van der Waals surface area (Å²) in [5.74, 6) is 1.99. The Balaban J connectivity index is 2.19. The average Bonchev–Trinajstić information content (AvgIpc) is 3.15. The Bertz CT molecular complexity index is 664. The fraction of sp³-hybridized carbons (Fsp3) is 0.312. The second kappa shape index (κ2) is 5.85. The van der Waals surface area contributed by atoms with E-state index < -0.39 is 4.87 Å². The summed E-state index contributed by atoms with van der Waals surface area (Å²) >= 11 is 3.17. The second-order valence-corrected chi connectivity index (χ2v) is 7.17. The van der Waals surface area contributed by atoms with Crippen molar-refractivity contribution in [2.45, 2.75) is 11.8 Å². The third-order valence-corrected chi connectivity index (χ3v) is 5.82. The van der Waals surface area contributed by atoms with Crippen molar-refractivity contribution in [3.05, 3.63) is 40.6 Å². The van der Waals surface area contributed by atoms with E-state index in [0.29, 0.717) is 5.75 Å². The topological polar surface area (TPSA) is 38.8 Å². The van der Waals surface area contributed by atoms with E-state index in [1.165, 1.54) is 0 Å². The van der Waals surface area contributed by atoms with E-state index in [1.54, 1.807) is 37.3 Å². The van der Waals surface area contributed by atoms with Crippen LogP contribution in [0.1, 0.15) is 12.5 Å². The summed E-state index contributed by atoms with van der Waals surface area (Å²) in [6.45, 7) is 2.04. The number of ether oxygens (including phenoxy) is 2.